The van der Waals surface area contributed by atoms with E-state index in [0.717, 1.165) is 29.1 Å². The van der Waals surface area contributed by atoms with Gasteiger partial charge in [-0.25, -0.2) is 4.79 Å². The van der Waals surface area contributed by atoms with Gasteiger partial charge < -0.3 is 10.6 Å². The summed E-state index contributed by atoms with van der Waals surface area (Å²) >= 11 is 0. The van der Waals surface area contributed by atoms with E-state index >= 15 is 0 Å². The van der Waals surface area contributed by atoms with Gasteiger partial charge in [0.25, 0.3) is 0 Å². The average molecular weight is 314 g/mol. The molecule has 0 aliphatic rings. The maximum Gasteiger partial charge on any atom is 0.315 e. The average Bonchev–Trinajstić information content (AvgIpc) is 2.79. The number of hydrogen-bond acceptors (Lipinski definition) is 2. The molecule has 2 amide bonds. The van der Waals surface area contributed by atoms with E-state index in [2.05, 4.69) is 35.6 Å². The summed E-state index contributed by atoms with van der Waals surface area (Å²) in [5, 5.41) is 10.4. The topological polar surface area (TPSA) is 59.0 Å². The number of hydrogen-bond donors (Lipinski definition) is 2. The summed E-state index contributed by atoms with van der Waals surface area (Å²) < 4.78 is 1.96. The number of carbonyl (C=O) groups is 1. The SMILES string of the molecule is CCn1nc(C)c(CNC(=O)NC(C)c2ccccc2C)c1C. The van der Waals surface area contributed by atoms with Crippen molar-refractivity contribution in [2.24, 2.45) is 0 Å². The first kappa shape index (κ1) is 17.1. The van der Waals surface area contributed by atoms with Crippen molar-refractivity contribution >= 4 is 6.03 Å². The van der Waals surface area contributed by atoms with Crippen LogP contribution >= 0.6 is 0 Å². The van der Waals surface area contributed by atoms with Gasteiger partial charge in [-0.1, -0.05) is 24.3 Å². The fourth-order valence-electron chi connectivity index (χ4n) is 2.86. The second-order valence-corrected chi connectivity index (χ2v) is 5.87. The molecule has 0 saturated carbocycles. The fraction of sp³-hybridized carbons (Fsp3) is 0.444. The highest BCUT2D eigenvalue weighted by atomic mass is 16.2. The van der Waals surface area contributed by atoms with E-state index in [0.29, 0.717) is 6.54 Å². The summed E-state index contributed by atoms with van der Waals surface area (Å²) in [7, 11) is 0. The lowest BCUT2D eigenvalue weighted by molar-refractivity contribution is 0.237. The second kappa shape index (κ2) is 7.31. The highest BCUT2D eigenvalue weighted by Crippen LogP contribution is 2.16. The number of carbonyl (C=O) groups excluding carboxylic acids is 1. The summed E-state index contributed by atoms with van der Waals surface area (Å²) in [6.45, 7) is 11.4. The number of rotatable bonds is 5. The second-order valence-electron chi connectivity index (χ2n) is 5.87. The van der Waals surface area contributed by atoms with Crippen LogP contribution in [-0.2, 0) is 13.1 Å². The molecule has 0 saturated heterocycles. The van der Waals surface area contributed by atoms with Crippen LogP contribution in [-0.4, -0.2) is 15.8 Å². The van der Waals surface area contributed by atoms with Crippen molar-refractivity contribution in [3.63, 3.8) is 0 Å². The van der Waals surface area contributed by atoms with Crippen LogP contribution in [0.4, 0.5) is 4.79 Å². The Balaban J connectivity index is 1.96. The summed E-state index contributed by atoms with van der Waals surface area (Å²) in [5.41, 5.74) is 5.48. The Kier molecular flexibility index (Phi) is 5.42. The molecule has 0 aliphatic heterocycles. The van der Waals surface area contributed by atoms with Crippen LogP contribution in [0.5, 0.6) is 0 Å². The number of aromatic nitrogens is 2. The van der Waals surface area contributed by atoms with E-state index in [1.54, 1.807) is 0 Å². The van der Waals surface area contributed by atoms with Gasteiger partial charge in [0.15, 0.2) is 0 Å². The van der Waals surface area contributed by atoms with Crippen LogP contribution in [0.3, 0.4) is 0 Å². The van der Waals surface area contributed by atoms with Crippen LogP contribution in [0.1, 0.15) is 48.0 Å². The first-order valence-electron chi connectivity index (χ1n) is 8.06. The number of nitrogens with one attached hydrogen (secondary N) is 2. The van der Waals surface area contributed by atoms with Gasteiger partial charge in [0, 0.05) is 24.3 Å². The van der Waals surface area contributed by atoms with E-state index in [1.165, 1.54) is 5.56 Å². The van der Waals surface area contributed by atoms with Gasteiger partial charge in [0.1, 0.15) is 0 Å². The van der Waals surface area contributed by atoms with Crippen molar-refractivity contribution in [2.75, 3.05) is 0 Å². The minimum atomic E-state index is -0.163. The number of aryl methyl sites for hydroxylation is 3. The van der Waals surface area contributed by atoms with Gasteiger partial charge in [-0.2, -0.15) is 5.10 Å². The van der Waals surface area contributed by atoms with Crippen molar-refractivity contribution in [1.29, 1.82) is 0 Å². The highest BCUT2D eigenvalue weighted by Gasteiger charge is 2.14. The molecule has 23 heavy (non-hydrogen) atoms. The molecule has 0 bridgehead atoms. The minimum absolute atomic E-state index is 0.0308. The molecule has 0 fully saturated rings. The Hall–Kier alpha value is -2.30. The number of nitrogens with zero attached hydrogens (tertiary/aromatic N) is 2. The van der Waals surface area contributed by atoms with Gasteiger partial charge in [-0.3, -0.25) is 4.68 Å². The molecule has 1 atom stereocenters. The zero-order valence-corrected chi connectivity index (χ0v) is 14.6. The zero-order chi connectivity index (χ0) is 17.0. The largest absolute Gasteiger partial charge is 0.334 e. The maximum atomic E-state index is 12.2. The molecule has 1 unspecified atom stereocenters. The van der Waals surface area contributed by atoms with Crippen molar-refractivity contribution in [2.45, 2.75) is 53.8 Å². The molecule has 0 radical (unpaired) electrons. The summed E-state index contributed by atoms with van der Waals surface area (Å²) in [6.07, 6.45) is 0. The summed E-state index contributed by atoms with van der Waals surface area (Å²) in [4.78, 5) is 12.2. The van der Waals surface area contributed by atoms with Crippen LogP contribution in [0.25, 0.3) is 0 Å². The van der Waals surface area contributed by atoms with Crippen molar-refractivity contribution in [3.05, 3.63) is 52.3 Å². The molecule has 124 valence electrons. The van der Waals surface area contributed by atoms with E-state index in [4.69, 9.17) is 0 Å². The monoisotopic (exact) mass is 314 g/mol. The quantitative estimate of drug-likeness (QED) is 0.888. The molecule has 1 aromatic carbocycles. The van der Waals surface area contributed by atoms with Gasteiger partial charge in [0.2, 0.25) is 0 Å². The molecule has 2 rings (SSSR count). The smallest absolute Gasteiger partial charge is 0.315 e. The van der Waals surface area contributed by atoms with E-state index in [-0.39, 0.29) is 12.1 Å². The Labute approximate surface area is 138 Å². The van der Waals surface area contributed by atoms with Crippen LogP contribution in [0, 0.1) is 20.8 Å². The minimum Gasteiger partial charge on any atom is -0.334 e. The number of urea groups is 1. The maximum absolute atomic E-state index is 12.2. The van der Waals surface area contributed by atoms with Gasteiger partial charge in [0.05, 0.1) is 11.7 Å². The van der Waals surface area contributed by atoms with Crippen molar-refractivity contribution < 1.29 is 4.79 Å². The third-order valence-electron chi connectivity index (χ3n) is 4.26. The third-order valence-corrected chi connectivity index (χ3v) is 4.26. The molecular formula is C18H26N4O. The lowest BCUT2D eigenvalue weighted by Gasteiger charge is -2.17. The summed E-state index contributed by atoms with van der Waals surface area (Å²) in [5.74, 6) is 0. The first-order chi connectivity index (χ1) is 10.9. The molecule has 5 heteroatoms. The fourth-order valence-corrected chi connectivity index (χ4v) is 2.86. The molecule has 2 aromatic rings. The number of benzene rings is 1. The van der Waals surface area contributed by atoms with Crippen LogP contribution in [0.15, 0.2) is 24.3 Å². The third kappa shape index (κ3) is 3.92. The molecular weight excluding hydrogens is 288 g/mol. The van der Waals surface area contributed by atoms with Gasteiger partial charge in [-0.05, 0) is 45.7 Å². The highest BCUT2D eigenvalue weighted by molar-refractivity contribution is 5.74. The molecule has 1 aromatic heterocycles. The zero-order valence-electron chi connectivity index (χ0n) is 14.6. The standard InChI is InChI=1S/C18H26N4O/c1-6-22-15(5)17(14(4)21-22)11-19-18(23)20-13(3)16-10-8-7-9-12(16)2/h7-10,13H,6,11H2,1-5H3,(H2,19,20,23). The molecule has 1 heterocycles. The molecule has 5 nitrogen and oxygen atoms in total. The van der Waals surface area contributed by atoms with Crippen molar-refractivity contribution in [1.82, 2.24) is 20.4 Å². The molecule has 0 aliphatic carbocycles. The predicted octanol–water partition coefficient (Wildman–Crippen LogP) is 3.39. The number of amides is 2. The van der Waals surface area contributed by atoms with Crippen molar-refractivity contribution in [3.8, 4) is 0 Å². The van der Waals surface area contributed by atoms with Gasteiger partial charge in [-0.15, -0.1) is 0 Å². The summed E-state index contributed by atoms with van der Waals surface area (Å²) in [6, 6.07) is 7.89. The van der Waals surface area contributed by atoms with E-state index in [1.807, 2.05) is 43.7 Å². The predicted molar refractivity (Wildman–Crippen MR) is 92.3 cm³/mol. The van der Waals surface area contributed by atoms with Crippen LogP contribution < -0.4 is 10.6 Å². The Morgan fingerprint density at radius 1 is 1.26 bits per heavy atom. The Morgan fingerprint density at radius 2 is 1.96 bits per heavy atom. The Bertz CT molecular complexity index is 690. The first-order valence-corrected chi connectivity index (χ1v) is 8.06. The van der Waals surface area contributed by atoms with Crippen LogP contribution in [0.2, 0.25) is 0 Å². The van der Waals surface area contributed by atoms with Gasteiger partial charge >= 0.3 is 6.03 Å². The van der Waals surface area contributed by atoms with E-state index < -0.39 is 0 Å². The molecule has 0 spiro atoms. The lowest BCUT2D eigenvalue weighted by atomic mass is 10.0. The Morgan fingerprint density at radius 3 is 2.57 bits per heavy atom. The van der Waals surface area contributed by atoms with E-state index in [9.17, 15) is 4.79 Å². The normalized spacial score (nSPS) is 12.0. The lowest BCUT2D eigenvalue weighted by Crippen LogP contribution is -2.37. The molecule has 2 N–H and O–H groups in total.